The number of para-hydroxylation sites is 1. The molecular weight excluding hydrogens is 414 g/mol. The molecule has 0 unspecified atom stereocenters. The van der Waals surface area contributed by atoms with E-state index in [1.807, 2.05) is 19.1 Å². The normalized spacial score (nSPS) is 11.0. The first-order valence-corrected chi connectivity index (χ1v) is 11.5. The SMILES string of the molecule is CCC(=O)c1cccc(N(CC)CC)c1N.Nc1cccc2cc(S(=O)(=O)O)ccc12. The summed E-state index contributed by atoms with van der Waals surface area (Å²) < 4.78 is 30.6. The number of anilines is 3. The molecule has 166 valence electrons. The van der Waals surface area contributed by atoms with Gasteiger partial charge in [-0.05, 0) is 49.6 Å². The number of rotatable bonds is 6. The van der Waals surface area contributed by atoms with Crippen LogP contribution in [0.5, 0.6) is 0 Å². The maximum atomic E-state index is 11.7. The van der Waals surface area contributed by atoms with Gasteiger partial charge in [0, 0.05) is 36.1 Å². The van der Waals surface area contributed by atoms with E-state index in [1.54, 1.807) is 30.3 Å². The highest BCUT2D eigenvalue weighted by Gasteiger charge is 2.13. The Kier molecular flexibility index (Phi) is 8.01. The molecule has 8 heteroatoms. The van der Waals surface area contributed by atoms with E-state index in [9.17, 15) is 13.2 Å². The molecule has 0 atom stereocenters. The highest BCUT2D eigenvalue weighted by atomic mass is 32.2. The number of carbonyl (C=O) groups excluding carboxylic acids is 1. The van der Waals surface area contributed by atoms with Gasteiger partial charge in [0.2, 0.25) is 0 Å². The summed E-state index contributed by atoms with van der Waals surface area (Å²) in [7, 11) is -4.15. The van der Waals surface area contributed by atoms with E-state index in [-0.39, 0.29) is 10.7 Å². The number of ketones is 1. The molecule has 7 nitrogen and oxygen atoms in total. The standard InChI is InChI=1S/C13H20N2O.C10H9NO3S/c1-4-12(16)10-8-7-9-11(13(10)14)15(5-2)6-3;11-10-3-1-2-7-6-8(15(12,13)14)4-5-9(7)10/h7-9H,4-6,14H2,1-3H3;1-6H,11H2,(H,12,13,14). The van der Waals surface area contributed by atoms with Crippen molar-refractivity contribution in [1.29, 1.82) is 0 Å². The summed E-state index contributed by atoms with van der Waals surface area (Å²) in [5, 5.41) is 1.45. The van der Waals surface area contributed by atoms with Crippen LogP contribution < -0.4 is 16.4 Å². The van der Waals surface area contributed by atoms with Crippen molar-refractivity contribution in [3.8, 4) is 0 Å². The van der Waals surface area contributed by atoms with Gasteiger partial charge in [-0.25, -0.2) is 0 Å². The largest absolute Gasteiger partial charge is 0.398 e. The molecule has 0 saturated carbocycles. The van der Waals surface area contributed by atoms with E-state index in [4.69, 9.17) is 16.0 Å². The first-order valence-electron chi connectivity index (χ1n) is 10.1. The van der Waals surface area contributed by atoms with E-state index >= 15 is 0 Å². The maximum Gasteiger partial charge on any atom is 0.294 e. The molecule has 0 fully saturated rings. The topological polar surface area (TPSA) is 127 Å². The fourth-order valence-electron chi connectivity index (χ4n) is 3.27. The molecule has 0 radical (unpaired) electrons. The van der Waals surface area contributed by atoms with Crippen molar-refractivity contribution in [1.82, 2.24) is 0 Å². The van der Waals surface area contributed by atoms with Gasteiger partial charge in [-0.3, -0.25) is 9.35 Å². The molecule has 3 aromatic carbocycles. The monoisotopic (exact) mass is 443 g/mol. The van der Waals surface area contributed by atoms with Gasteiger partial charge in [0.25, 0.3) is 10.1 Å². The van der Waals surface area contributed by atoms with Crippen LogP contribution in [0.1, 0.15) is 37.6 Å². The lowest BCUT2D eigenvalue weighted by molar-refractivity contribution is 0.0989. The van der Waals surface area contributed by atoms with Gasteiger partial charge in [0.15, 0.2) is 5.78 Å². The lowest BCUT2D eigenvalue weighted by Crippen LogP contribution is -2.23. The molecule has 0 aromatic heterocycles. The Labute approximate surface area is 183 Å². The van der Waals surface area contributed by atoms with Crippen molar-refractivity contribution >= 4 is 43.7 Å². The number of fused-ring (bicyclic) bond motifs is 1. The third kappa shape index (κ3) is 5.74. The quantitative estimate of drug-likeness (QED) is 0.293. The van der Waals surface area contributed by atoms with Crippen molar-refractivity contribution in [2.75, 3.05) is 29.5 Å². The van der Waals surface area contributed by atoms with Crippen LogP contribution in [0.3, 0.4) is 0 Å². The second-order valence-electron chi connectivity index (χ2n) is 6.89. The number of hydrogen-bond donors (Lipinski definition) is 3. The van der Waals surface area contributed by atoms with E-state index in [2.05, 4.69) is 18.7 Å². The first kappa shape index (κ1) is 24.2. The first-order chi connectivity index (χ1) is 14.6. The molecule has 3 aromatic rings. The molecule has 0 bridgehead atoms. The number of nitrogen functional groups attached to an aromatic ring is 2. The van der Waals surface area contributed by atoms with Crippen LogP contribution in [-0.4, -0.2) is 31.8 Å². The van der Waals surface area contributed by atoms with Crippen LogP contribution in [0, 0.1) is 0 Å². The molecule has 0 amide bonds. The third-order valence-corrected chi connectivity index (χ3v) is 5.84. The molecule has 0 aliphatic rings. The van der Waals surface area contributed by atoms with E-state index in [0.717, 1.165) is 24.2 Å². The van der Waals surface area contributed by atoms with Gasteiger partial charge in [-0.2, -0.15) is 8.42 Å². The molecule has 0 aliphatic carbocycles. The fraction of sp³-hybridized carbons (Fsp3) is 0.261. The highest BCUT2D eigenvalue weighted by Crippen LogP contribution is 2.27. The number of hydrogen-bond acceptors (Lipinski definition) is 6. The van der Waals surface area contributed by atoms with Crippen LogP contribution in [0.4, 0.5) is 17.1 Å². The summed E-state index contributed by atoms with van der Waals surface area (Å²) in [5.41, 5.74) is 14.5. The number of nitrogens with two attached hydrogens (primary N) is 2. The molecule has 31 heavy (non-hydrogen) atoms. The lowest BCUT2D eigenvalue weighted by Gasteiger charge is -2.23. The van der Waals surface area contributed by atoms with Gasteiger partial charge in [-0.1, -0.05) is 31.2 Å². The van der Waals surface area contributed by atoms with Crippen molar-refractivity contribution < 1.29 is 17.8 Å². The van der Waals surface area contributed by atoms with Gasteiger partial charge < -0.3 is 16.4 Å². The maximum absolute atomic E-state index is 11.7. The average Bonchev–Trinajstić information content (AvgIpc) is 2.75. The summed E-state index contributed by atoms with van der Waals surface area (Å²) in [4.78, 5) is 13.7. The van der Waals surface area contributed by atoms with E-state index in [0.29, 0.717) is 28.7 Å². The van der Waals surface area contributed by atoms with Gasteiger partial charge in [-0.15, -0.1) is 0 Å². The summed E-state index contributed by atoms with van der Waals surface area (Å²) >= 11 is 0. The summed E-state index contributed by atoms with van der Waals surface area (Å²) in [6, 6.07) is 15.2. The lowest BCUT2D eigenvalue weighted by atomic mass is 10.0. The predicted molar refractivity (Wildman–Crippen MR) is 127 cm³/mol. The predicted octanol–water partition coefficient (Wildman–Crippen LogP) is 4.38. The zero-order valence-corrected chi connectivity index (χ0v) is 18.8. The number of Topliss-reactive ketones (excluding diaryl/α,β-unsaturated/α-hetero) is 1. The van der Waals surface area contributed by atoms with Gasteiger partial charge in [0.1, 0.15) is 0 Å². The Balaban J connectivity index is 0.000000220. The van der Waals surface area contributed by atoms with Crippen molar-refractivity contribution in [2.24, 2.45) is 0 Å². The Morgan fingerprint density at radius 3 is 2.19 bits per heavy atom. The minimum atomic E-state index is -4.15. The minimum absolute atomic E-state index is 0.103. The van der Waals surface area contributed by atoms with E-state index in [1.165, 1.54) is 12.1 Å². The Morgan fingerprint density at radius 1 is 0.968 bits per heavy atom. The average molecular weight is 444 g/mol. The molecule has 0 aliphatic heterocycles. The fourth-order valence-corrected chi connectivity index (χ4v) is 3.79. The summed E-state index contributed by atoms with van der Waals surface area (Å²) in [6.45, 7) is 7.80. The smallest absolute Gasteiger partial charge is 0.294 e. The zero-order valence-electron chi connectivity index (χ0n) is 18.0. The number of nitrogens with zero attached hydrogens (tertiary/aromatic N) is 1. The highest BCUT2D eigenvalue weighted by molar-refractivity contribution is 7.85. The van der Waals surface area contributed by atoms with E-state index < -0.39 is 10.1 Å². The second-order valence-corrected chi connectivity index (χ2v) is 8.31. The third-order valence-electron chi connectivity index (χ3n) is 4.99. The summed E-state index contributed by atoms with van der Waals surface area (Å²) in [5.74, 6) is 0.103. The van der Waals surface area contributed by atoms with Crippen molar-refractivity contribution in [3.05, 3.63) is 60.2 Å². The molecule has 5 N–H and O–H groups in total. The number of benzene rings is 3. The Hall–Kier alpha value is -3.10. The minimum Gasteiger partial charge on any atom is -0.398 e. The van der Waals surface area contributed by atoms with Gasteiger partial charge >= 0.3 is 0 Å². The van der Waals surface area contributed by atoms with Crippen LogP contribution >= 0.6 is 0 Å². The van der Waals surface area contributed by atoms with Crippen LogP contribution in [0.15, 0.2) is 59.5 Å². The van der Waals surface area contributed by atoms with Crippen molar-refractivity contribution in [3.63, 3.8) is 0 Å². The Bertz CT molecular complexity index is 1170. The van der Waals surface area contributed by atoms with Crippen LogP contribution in [-0.2, 0) is 10.1 Å². The van der Waals surface area contributed by atoms with Crippen molar-refractivity contribution in [2.45, 2.75) is 32.1 Å². The molecule has 0 spiro atoms. The molecule has 0 heterocycles. The molecule has 0 saturated heterocycles. The summed E-state index contributed by atoms with van der Waals surface area (Å²) in [6.07, 6.45) is 0.492. The number of carbonyl (C=O) groups is 1. The molecule has 3 rings (SSSR count). The Morgan fingerprint density at radius 2 is 1.61 bits per heavy atom. The van der Waals surface area contributed by atoms with Crippen LogP contribution in [0.25, 0.3) is 10.8 Å². The molecular formula is C23H29N3O4S. The second kappa shape index (κ2) is 10.3. The van der Waals surface area contributed by atoms with Gasteiger partial charge in [0.05, 0.1) is 16.3 Å². The zero-order chi connectivity index (χ0) is 23.2. The van der Waals surface area contributed by atoms with Crippen LogP contribution in [0.2, 0.25) is 0 Å².